The lowest BCUT2D eigenvalue weighted by molar-refractivity contribution is 0.100. The van der Waals surface area contributed by atoms with Crippen LogP contribution in [0, 0.1) is 5.41 Å². The van der Waals surface area contributed by atoms with Crippen LogP contribution in [-0.2, 0) is 0 Å². The van der Waals surface area contributed by atoms with Gasteiger partial charge in [-0.05, 0) is 50.6 Å². The smallest absolute Gasteiger partial charge is 0.0680 e. The minimum Gasteiger partial charge on any atom is -0.392 e. The van der Waals surface area contributed by atoms with Gasteiger partial charge in [0.25, 0.3) is 0 Å². The second-order valence-corrected chi connectivity index (χ2v) is 6.50. The Hall–Kier alpha value is -0.120. The lowest BCUT2D eigenvalue weighted by atomic mass is 9.77. The van der Waals surface area contributed by atoms with E-state index in [0.29, 0.717) is 6.04 Å². The van der Waals surface area contributed by atoms with Crippen molar-refractivity contribution in [2.24, 2.45) is 5.41 Å². The Bertz CT molecular complexity index is 253. The largest absolute Gasteiger partial charge is 0.392 e. The molecule has 2 saturated heterocycles. The van der Waals surface area contributed by atoms with Crippen molar-refractivity contribution >= 4 is 0 Å². The SMILES string of the molecule is OC1CNC(CN2CCC3(CCCC3)CC2)C1. The van der Waals surface area contributed by atoms with Crippen LogP contribution in [0.1, 0.15) is 44.9 Å². The molecular weight excluding hydrogens is 212 g/mol. The van der Waals surface area contributed by atoms with E-state index >= 15 is 0 Å². The predicted octanol–water partition coefficient (Wildman–Crippen LogP) is 1.37. The molecule has 2 atom stereocenters. The van der Waals surface area contributed by atoms with Crippen LogP contribution in [0.3, 0.4) is 0 Å². The first kappa shape index (κ1) is 11.9. The molecule has 2 aliphatic heterocycles. The molecule has 3 heteroatoms. The molecule has 0 aromatic carbocycles. The fourth-order valence-corrected chi connectivity index (χ4v) is 4.08. The van der Waals surface area contributed by atoms with E-state index in [0.717, 1.165) is 24.9 Å². The summed E-state index contributed by atoms with van der Waals surface area (Å²) >= 11 is 0. The third-order valence-corrected chi connectivity index (χ3v) is 5.26. The normalized spacial score (nSPS) is 37.9. The molecule has 0 radical (unpaired) electrons. The lowest BCUT2D eigenvalue weighted by Crippen LogP contribution is -2.44. The Balaban J connectivity index is 1.45. The molecule has 17 heavy (non-hydrogen) atoms. The molecule has 1 spiro atoms. The van der Waals surface area contributed by atoms with E-state index in [1.165, 1.54) is 51.6 Å². The minimum atomic E-state index is -0.106. The molecule has 0 aromatic heterocycles. The maximum atomic E-state index is 9.52. The summed E-state index contributed by atoms with van der Waals surface area (Å²) in [7, 11) is 0. The first-order valence-corrected chi connectivity index (χ1v) is 7.40. The highest BCUT2D eigenvalue weighted by Crippen LogP contribution is 2.46. The highest BCUT2D eigenvalue weighted by Gasteiger charge is 2.37. The molecule has 0 amide bonds. The summed E-state index contributed by atoms with van der Waals surface area (Å²) in [6.45, 7) is 4.51. The van der Waals surface area contributed by atoms with E-state index in [1.54, 1.807) is 0 Å². The Kier molecular flexibility index (Phi) is 3.42. The Morgan fingerprint density at radius 1 is 1.12 bits per heavy atom. The summed E-state index contributed by atoms with van der Waals surface area (Å²) < 4.78 is 0. The van der Waals surface area contributed by atoms with Crippen molar-refractivity contribution in [3.05, 3.63) is 0 Å². The standard InChI is InChI=1S/C14H26N2O/c17-13-9-12(15-10-13)11-16-7-5-14(6-8-16)3-1-2-4-14/h12-13,15,17H,1-11H2. The van der Waals surface area contributed by atoms with Crippen molar-refractivity contribution in [1.29, 1.82) is 0 Å². The number of rotatable bonds is 2. The van der Waals surface area contributed by atoms with Gasteiger partial charge in [-0.25, -0.2) is 0 Å². The van der Waals surface area contributed by atoms with Crippen LogP contribution in [-0.4, -0.2) is 48.3 Å². The summed E-state index contributed by atoms with van der Waals surface area (Å²) in [4.78, 5) is 2.61. The summed E-state index contributed by atoms with van der Waals surface area (Å²) in [5.74, 6) is 0. The molecule has 3 fully saturated rings. The molecule has 2 unspecified atom stereocenters. The number of piperidine rings is 1. The van der Waals surface area contributed by atoms with Crippen LogP contribution in [0.25, 0.3) is 0 Å². The van der Waals surface area contributed by atoms with Crippen molar-refractivity contribution in [3.8, 4) is 0 Å². The van der Waals surface area contributed by atoms with Crippen LogP contribution in [0.2, 0.25) is 0 Å². The van der Waals surface area contributed by atoms with Gasteiger partial charge < -0.3 is 15.3 Å². The van der Waals surface area contributed by atoms with Gasteiger partial charge in [-0.1, -0.05) is 12.8 Å². The number of likely N-dealkylation sites (tertiary alicyclic amines) is 1. The molecule has 1 aliphatic carbocycles. The molecule has 3 aliphatic rings. The molecule has 0 aromatic rings. The number of aliphatic hydroxyl groups is 1. The van der Waals surface area contributed by atoms with Crippen molar-refractivity contribution in [3.63, 3.8) is 0 Å². The van der Waals surface area contributed by atoms with Crippen LogP contribution < -0.4 is 5.32 Å². The van der Waals surface area contributed by atoms with Crippen LogP contribution in [0.15, 0.2) is 0 Å². The van der Waals surface area contributed by atoms with E-state index in [4.69, 9.17) is 0 Å². The summed E-state index contributed by atoms with van der Waals surface area (Å²) in [5, 5.41) is 12.9. The Morgan fingerprint density at radius 3 is 2.41 bits per heavy atom. The number of nitrogens with one attached hydrogen (secondary N) is 1. The lowest BCUT2D eigenvalue weighted by Gasteiger charge is -2.40. The zero-order chi connectivity index (χ0) is 11.7. The van der Waals surface area contributed by atoms with Crippen molar-refractivity contribution in [2.75, 3.05) is 26.2 Å². The molecule has 3 nitrogen and oxygen atoms in total. The minimum absolute atomic E-state index is 0.106. The third-order valence-electron chi connectivity index (χ3n) is 5.26. The molecule has 3 rings (SSSR count). The van der Waals surface area contributed by atoms with Crippen LogP contribution in [0.4, 0.5) is 0 Å². The van der Waals surface area contributed by atoms with Crippen LogP contribution >= 0.6 is 0 Å². The molecule has 0 bridgehead atoms. The van der Waals surface area contributed by atoms with Gasteiger partial charge in [0.2, 0.25) is 0 Å². The average molecular weight is 238 g/mol. The van der Waals surface area contributed by atoms with Gasteiger partial charge in [-0.3, -0.25) is 0 Å². The highest BCUT2D eigenvalue weighted by molar-refractivity contribution is 4.91. The Morgan fingerprint density at radius 2 is 1.82 bits per heavy atom. The number of hydrogen-bond donors (Lipinski definition) is 2. The first-order valence-electron chi connectivity index (χ1n) is 7.40. The number of aliphatic hydroxyl groups excluding tert-OH is 1. The topological polar surface area (TPSA) is 35.5 Å². The highest BCUT2D eigenvalue weighted by atomic mass is 16.3. The predicted molar refractivity (Wildman–Crippen MR) is 69.0 cm³/mol. The van der Waals surface area contributed by atoms with E-state index in [2.05, 4.69) is 10.2 Å². The molecule has 98 valence electrons. The van der Waals surface area contributed by atoms with Gasteiger partial charge in [0.15, 0.2) is 0 Å². The maximum Gasteiger partial charge on any atom is 0.0680 e. The van der Waals surface area contributed by atoms with E-state index in [9.17, 15) is 5.11 Å². The summed E-state index contributed by atoms with van der Waals surface area (Å²) in [6, 6.07) is 0.530. The van der Waals surface area contributed by atoms with Gasteiger partial charge in [-0.2, -0.15) is 0 Å². The average Bonchev–Trinajstić information content (AvgIpc) is 2.93. The second-order valence-electron chi connectivity index (χ2n) is 6.50. The third kappa shape index (κ3) is 2.67. The van der Waals surface area contributed by atoms with Crippen molar-refractivity contribution in [2.45, 2.75) is 57.1 Å². The molecule has 1 saturated carbocycles. The molecule has 2 heterocycles. The zero-order valence-electron chi connectivity index (χ0n) is 10.8. The number of hydrogen-bond acceptors (Lipinski definition) is 3. The number of β-amino-alcohol motifs (C(OH)–C–C–N with tert-alkyl or cyclic N) is 1. The quantitative estimate of drug-likeness (QED) is 0.762. The van der Waals surface area contributed by atoms with Gasteiger partial charge in [0.05, 0.1) is 6.10 Å². The first-order chi connectivity index (χ1) is 8.26. The van der Waals surface area contributed by atoms with Crippen molar-refractivity contribution in [1.82, 2.24) is 10.2 Å². The zero-order valence-corrected chi connectivity index (χ0v) is 10.8. The Labute approximate surface area is 105 Å². The van der Waals surface area contributed by atoms with E-state index in [-0.39, 0.29) is 6.10 Å². The van der Waals surface area contributed by atoms with Crippen LogP contribution in [0.5, 0.6) is 0 Å². The monoisotopic (exact) mass is 238 g/mol. The summed E-state index contributed by atoms with van der Waals surface area (Å²) in [5.41, 5.74) is 0.735. The molecule has 2 N–H and O–H groups in total. The van der Waals surface area contributed by atoms with Gasteiger partial charge in [-0.15, -0.1) is 0 Å². The van der Waals surface area contributed by atoms with Gasteiger partial charge >= 0.3 is 0 Å². The summed E-state index contributed by atoms with van der Waals surface area (Å²) in [6.07, 6.45) is 9.59. The van der Waals surface area contributed by atoms with Gasteiger partial charge in [0.1, 0.15) is 0 Å². The molecular formula is C14H26N2O. The van der Waals surface area contributed by atoms with E-state index < -0.39 is 0 Å². The fraction of sp³-hybridized carbons (Fsp3) is 1.00. The second kappa shape index (κ2) is 4.87. The van der Waals surface area contributed by atoms with E-state index in [1.807, 2.05) is 0 Å². The fourth-order valence-electron chi connectivity index (χ4n) is 4.08. The number of nitrogens with zero attached hydrogens (tertiary/aromatic N) is 1. The maximum absolute atomic E-state index is 9.52. The van der Waals surface area contributed by atoms with Crippen molar-refractivity contribution < 1.29 is 5.11 Å². The van der Waals surface area contributed by atoms with Gasteiger partial charge in [0, 0.05) is 19.1 Å².